The van der Waals surface area contributed by atoms with E-state index in [0.29, 0.717) is 11.4 Å². The zero-order valence-electron chi connectivity index (χ0n) is 11.2. The molecule has 6 heteroatoms. The highest BCUT2D eigenvalue weighted by Gasteiger charge is 2.06. The molecular weight excluding hydrogens is 275 g/mol. The minimum atomic E-state index is -1.01. The van der Waals surface area contributed by atoms with Crippen LogP contribution in [0, 0.1) is 5.82 Å². The van der Waals surface area contributed by atoms with Crippen LogP contribution in [0.5, 0.6) is 5.75 Å². The van der Waals surface area contributed by atoms with Crippen molar-refractivity contribution < 1.29 is 19.4 Å². The van der Waals surface area contributed by atoms with Gasteiger partial charge in [0.15, 0.2) is 0 Å². The van der Waals surface area contributed by atoms with Crippen LogP contribution in [0.15, 0.2) is 47.6 Å². The number of carboxylic acids is 1. The van der Waals surface area contributed by atoms with Crippen molar-refractivity contribution >= 4 is 17.4 Å². The van der Waals surface area contributed by atoms with Gasteiger partial charge in [0.05, 0.1) is 17.0 Å². The number of aromatic carboxylic acids is 1. The minimum Gasteiger partial charge on any atom is -0.507 e. The highest BCUT2D eigenvalue weighted by molar-refractivity contribution is 6.01. The molecule has 0 unspecified atom stereocenters. The zero-order chi connectivity index (χ0) is 15.4. The molecule has 0 fully saturated rings. The first-order valence-electron chi connectivity index (χ1n) is 6.10. The first kappa shape index (κ1) is 14.5. The third kappa shape index (κ3) is 3.56. The van der Waals surface area contributed by atoms with Crippen molar-refractivity contribution in [2.45, 2.75) is 6.92 Å². The number of halogens is 1. The molecule has 3 N–H and O–H groups in total. The smallest absolute Gasteiger partial charge is 0.335 e. The lowest BCUT2D eigenvalue weighted by molar-refractivity contribution is 0.0697. The summed E-state index contributed by atoms with van der Waals surface area (Å²) in [5.74, 6) is -1.55. The third-order valence-corrected chi connectivity index (χ3v) is 2.83. The summed E-state index contributed by atoms with van der Waals surface area (Å²) in [5.41, 5.74) is 4.15. The molecule has 5 nitrogen and oxygen atoms in total. The molecule has 0 saturated heterocycles. The summed E-state index contributed by atoms with van der Waals surface area (Å²) >= 11 is 0. The highest BCUT2D eigenvalue weighted by Crippen LogP contribution is 2.19. The van der Waals surface area contributed by atoms with E-state index in [-0.39, 0.29) is 16.9 Å². The standard InChI is InChI=1S/C15H13FN2O3/c1-9(13-8-11(16)4-7-14(13)19)17-18-12-5-2-10(3-6-12)15(20)21/h2-8,18-19H,1H3,(H,20,21). The van der Waals surface area contributed by atoms with Gasteiger partial charge in [0.1, 0.15) is 11.6 Å². The Bertz CT molecular complexity index is 697. The fourth-order valence-corrected chi connectivity index (χ4v) is 1.69. The van der Waals surface area contributed by atoms with Crippen molar-refractivity contribution in [2.24, 2.45) is 5.10 Å². The number of phenolic OH excluding ortho intramolecular Hbond substituents is 1. The molecule has 0 radical (unpaired) electrons. The van der Waals surface area contributed by atoms with E-state index in [9.17, 15) is 14.3 Å². The number of aromatic hydroxyl groups is 1. The maximum atomic E-state index is 13.1. The number of hydrogen-bond donors (Lipinski definition) is 3. The molecule has 0 aliphatic carbocycles. The average molecular weight is 288 g/mol. The van der Waals surface area contributed by atoms with E-state index in [0.717, 1.165) is 6.07 Å². The van der Waals surface area contributed by atoms with Crippen molar-refractivity contribution in [1.29, 1.82) is 0 Å². The van der Waals surface area contributed by atoms with Crippen LogP contribution in [0.3, 0.4) is 0 Å². The zero-order valence-corrected chi connectivity index (χ0v) is 11.2. The molecule has 0 spiro atoms. The lowest BCUT2D eigenvalue weighted by atomic mass is 10.1. The van der Waals surface area contributed by atoms with E-state index in [4.69, 9.17) is 5.11 Å². The number of hydrazone groups is 1. The highest BCUT2D eigenvalue weighted by atomic mass is 19.1. The number of phenols is 1. The number of nitrogens with one attached hydrogen (secondary N) is 1. The molecule has 108 valence electrons. The van der Waals surface area contributed by atoms with Gasteiger partial charge in [-0.1, -0.05) is 0 Å². The molecule has 21 heavy (non-hydrogen) atoms. The van der Waals surface area contributed by atoms with Gasteiger partial charge in [-0.25, -0.2) is 9.18 Å². The van der Waals surface area contributed by atoms with Gasteiger partial charge in [0.2, 0.25) is 0 Å². The van der Waals surface area contributed by atoms with Crippen molar-refractivity contribution in [3.63, 3.8) is 0 Å². The second kappa shape index (κ2) is 6.04. The average Bonchev–Trinajstić information content (AvgIpc) is 2.47. The summed E-state index contributed by atoms with van der Waals surface area (Å²) in [5, 5.41) is 22.5. The molecule has 2 aromatic rings. The van der Waals surface area contributed by atoms with Gasteiger partial charge < -0.3 is 10.2 Å². The molecule has 0 atom stereocenters. The Hall–Kier alpha value is -2.89. The topological polar surface area (TPSA) is 81.9 Å². The predicted octanol–water partition coefficient (Wildman–Crippen LogP) is 3.07. The maximum Gasteiger partial charge on any atom is 0.335 e. The monoisotopic (exact) mass is 288 g/mol. The Kier molecular flexibility index (Phi) is 4.18. The van der Waals surface area contributed by atoms with Crippen LogP contribution >= 0.6 is 0 Å². The van der Waals surface area contributed by atoms with Crippen LogP contribution in [-0.2, 0) is 0 Å². The third-order valence-electron chi connectivity index (χ3n) is 2.83. The number of carbonyl (C=O) groups is 1. The quantitative estimate of drug-likeness (QED) is 0.596. The predicted molar refractivity (Wildman–Crippen MR) is 77.3 cm³/mol. The first-order valence-corrected chi connectivity index (χ1v) is 6.10. The van der Waals surface area contributed by atoms with Crippen molar-refractivity contribution in [3.8, 4) is 5.75 Å². The Balaban J connectivity index is 2.16. The van der Waals surface area contributed by atoms with Crippen LogP contribution in [0.2, 0.25) is 0 Å². The molecule has 2 aromatic carbocycles. The molecule has 0 aliphatic heterocycles. The number of anilines is 1. The maximum absolute atomic E-state index is 13.1. The van der Waals surface area contributed by atoms with Crippen LogP contribution in [0.25, 0.3) is 0 Å². The SMILES string of the molecule is CC(=NNc1ccc(C(=O)O)cc1)c1cc(F)ccc1O. The Morgan fingerprint density at radius 3 is 2.48 bits per heavy atom. The minimum absolute atomic E-state index is 0.0688. The van der Waals surface area contributed by atoms with Crippen LogP contribution in [0.1, 0.15) is 22.8 Å². The molecular formula is C15H13FN2O3. The summed E-state index contributed by atoms with van der Waals surface area (Å²) in [6.07, 6.45) is 0. The summed E-state index contributed by atoms with van der Waals surface area (Å²) in [6, 6.07) is 9.60. The lowest BCUT2D eigenvalue weighted by Gasteiger charge is -2.06. The molecule has 2 rings (SSSR count). The van der Waals surface area contributed by atoms with E-state index in [1.807, 2.05) is 0 Å². The van der Waals surface area contributed by atoms with Crippen molar-refractivity contribution in [3.05, 3.63) is 59.4 Å². The van der Waals surface area contributed by atoms with Crippen molar-refractivity contribution in [2.75, 3.05) is 5.43 Å². The Morgan fingerprint density at radius 1 is 1.19 bits per heavy atom. The number of hydrogen-bond acceptors (Lipinski definition) is 4. The van der Waals surface area contributed by atoms with Crippen LogP contribution < -0.4 is 5.43 Å². The first-order chi connectivity index (χ1) is 9.97. The Morgan fingerprint density at radius 2 is 1.86 bits per heavy atom. The van der Waals surface area contributed by atoms with Gasteiger partial charge in [-0.05, 0) is 49.4 Å². The molecule has 0 aromatic heterocycles. The van der Waals surface area contributed by atoms with E-state index in [2.05, 4.69) is 10.5 Å². The number of rotatable bonds is 4. The summed E-state index contributed by atoms with van der Waals surface area (Å²) in [4.78, 5) is 10.7. The normalized spacial score (nSPS) is 11.2. The van der Waals surface area contributed by atoms with E-state index in [1.165, 1.54) is 24.3 Å². The van der Waals surface area contributed by atoms with Crippen molar-refractivity contribution in [1.82, 2.24) is 0 Å². The van der Waals surface area contributed by atoms with Gasteiger partial charge in [-0.3, -0.25) is 5.43 Å². The van der Waals surface area contributed by atoms with Gasteiger partial charge in [0, 0.05) is 5.56 Å². The second-order valence-electron chi connectivity index (χ2n) is 4.35. The lowest BCUT2D eigenvalue weighted by Crippen LogP contribution is -2.01. The Labute approximate surface area is 120 Å². The van der Waals surface area contributed by atoms with Gasteiger partial charge in [-0.15, -0.1) is 0 Å². The molecule has 0 saturated carbocycles. The van der Waals surface area contributed by atoms with Crippen LogP contribution in [0.4, 0.5) is 10.1 Å². The summed E-state index contributed by atoms with van der Waals surface area (Å²) in [6.45, 7) is 1.62. The van der Waals surface area contributed by atoms with Gasteiger partial charge >= 0.3 is 5.97 Å². The molecule has 0 heterocycles. The second-order valence-corrected chi connectivity index (χ2v) is 4.35. The van der Waals surface area contributed by atoms with Gasteiger partial charge in [0.25, 0.3) is 0 Å². The van der Waals surface area contributed by atoms with Gasteiger partial charge in [-0.2, -0.15) is 5.10 Å². The molecule has 0 aliphatic rings. The largest absolute Gasteiger partial charge is 0.507 e. The fraction of sp³-hybridized carbons (Fsp3) is 0.0667. The number of carboxylic acid groups (broad SMARTS) is 1. The number of nitrogens with zero attached hydrogens (tertiary/aromatic N) is 1. The van der Waals surface area contributed by atoms with E-state index in [1.54, 1.807) is 19.1 Å². The summed E-state index contributed by atoms with van der Waals surface area (Å²) < 4.78 is 13.1. The van der Waals surface area contributed by atoms with E-state index < -0.39 is 11.8 Å². The molecule has 0 bridgehead atoms. The van der Waals surface area contributed by atoms with E-state index >= 15 is 0 Å². The molecule has 0 amide bonds. The summed E-state index contributed by atoms with van der Waals surface area (Å²) in [7, 11) is 0. The van der Waals surface area contributed by atoms with Crippen LogP contribution in [-0.4, -0.2) is 21.9 Å². The number of benzene rings is 2. The fourth-order valence-electron chi connectivity index (χ4n) is 1.69.